The molecule has 1 fully saturated rings. The standard InChI is InChI=1S/C35H37ClFNO3/c1-26-34(40-24-28-13-7-3-8-14-28)35(41-25-29-15-9-4-10-16-29)33(39-23-27-11-5-2-6-12-27)22-38(26)20-19-30-17-18-31(36)21-32(30)37/h2-18,21,26,33-35H,19-20,22-25H2,1H3/t26-,33+,34-,35-/m1/s1. The van der Waals surface area contributed by atoms with Crippen LogP contribution in [0.4, 0.5) is 4.39 Å². The summed E-state index contributed by atoms with van der Waals surface area (Å²) in [6.07, 6.45) is -0.240. The monoisotopic (exact) mass is 573 g/mol. The average molecular weight is 574 g/mol. The van der Waals surface area contributed by atoms with Gasteiger partial charge in [0.05, 0.1) is 25.9 Å². The molecule has 4 atom stereocenters. The zero-order chi connectivity index (χ0) is 28.4. The Hall–Kier alpha value is -3.06. The summed E-state index contributed by atoms with van der Waals surface area (Å²) >= 11 is 5.99. The van der Waals surface area contributed by atoms with Crippen molar-refractivity contribution in [2.24, 2.45) is 0 Å². The quantitative estimate of drug-likeness (QED) is 0.176. The fraction of sp³-hybridized carbons (Fsp3) is 0.314. The lowest BCUT2D eigenvalue weighted by Gasteiger charge is -2.47. The van der Waals surface area contributed by atoms with Crippen molar-refractivity contribution >= 4 is 11.6 Å². The van der Waals surface area contributed by atoms with Crippen LogP contribution in [0, 0.1) is 5.82 Å². The van der Waals surface area contributed by atoms with E-state index in [1.807, 2.05) is 54.6 Å². The molecule has 0 amide bonds. The Kier molecular flexibility index (Phi) is 10.6. The van der Waals surface area contributed by atoms with E-state index in [9.17, 15) is 4.39 Å². The fourth-order valence-corrected chi connectivity index (χ4v) is 5.53. The number of halogens is 2. The van der Waals surface area contributed by atoms with Gasteiger partial charge < -0.3 is 14.2 Å². The maximum atomic E-state index is 14.6. The molecule has 1 saturated heterocycles. The van der Waals surface area contributed by atoms with Gasteiger partial charge in [0.2, 0.25) is 0 Å². The maximum Gasteiger partial charge on any atom is 0.127 e. The van der Waals surface area contributed by atoms with Crippen molar-refractivity contribution < 1.29 is 18.6 Å². The van der Waals surface area contributed by atoms with Gasteiger partial charge in [0.1, 0.15) is 18.0 Å². The highest BCUT2D eigenvalue weighted by Gasteiger charge is 2.44. The third-order valence-electron chi connectivity index (χ3n) is 7.72. The Bertz CT molecular complexity index is 1340. The number of piperidine rings is 1. The molecule has 1 aliphatic rings. The Morgan fingerprint density at radius 2 is 1.22 bits per heavy atom. The molecule has 0 N–H and O–H groups in total. The molecule has 5 rings (SSSR count). The minimum absolute atomic E-state index is 0.0198. The molecular weight excluding hydrogens is 537 g/mol. The van der Waals surface area contributed by atoms with Gasteiger partial charge in [0.25, 0.3) is 0 Å². The molecule has 4 aromatic carbocycles. The molecule has 6 heteroatoms. The predicted octanol–water partition coefficient (Wildman–Crippen LogP) is 7.48. The minimum Gasteiger partial charge on any atom is -0.369 e. The molecule has 0 spiro atoms. The third-order valence-corrected chi connectivity index (χ3v) is 7.95. The summed E-state index contributed by atoms with van der Waals surface area (Å²) in [6, 6.07) is 35.4. The van der Waals surface area contributed by atoms with Gasteiger partial charge in [0.15, 0.2) is 0 Å². The van der Waals surface area contributed by atoms with E-state index in [1.165, 1.54) is 6.07 Å². The van der Waals surface area contributed by atoms with Gasteiger partial charge in [0, 0.05) is 24.2 Å². The number of hydrogen-bond acceptors (Lipinski definition) is 4. The van der Waals surface area contributed by atoms with Crippen molar-refractivity contribution in [1.82, 2.24) is 4.90 Å². The first-order valence-corrected chi connectivity index (χ1v) is 14.6. The topological polar surface area (TPSA) is 30.9 Å². The van der Waals surface area contributed by atoms with Gasteiger partial charge >= 0.3 is 0 Å². The van der Waals surface area contributed by atoms with Crippen LogP contribution in [-0.4, -0.2) is 42.3 Å². The number of ether oxygens (including phenoxy) is 3. The van der Waals surface area contributed by atoms with Gasteiger partial charge in [-0.1, -0.05) is 109 Å². The van der Waals surface area contributed by atoms with Crippen molar-refractivity contribution in [3.8, 4) is 0 Å². The van der Waals surface area contributed by atoms with E-state index < -0.39 is 0 Å². The summed E-state index contributed by atoms with van der Waals surface area (Å²) in [6.45, 7) is 4.86. The molecule has 0 bridgehead atoms. The molecule has 0 aromatic heterocycles. The normalized spacial score (nSPS) is 21.1. The molecule has 214 valence electrons. The first kappa shape index (κ1) is 29.4. The van der Waals surface area contributed by atoms with E-state index in [-0.39, 0.29) is 30.2 Å². The predicted molar refractivity (Wildman–Crippen MR) is 161 cm³/mol. The largest absolute Gasteiger partial charge is 0.369 e. The molecule has 0 aliphatic carbocycles. The molecule has 4 nitrogen and oxygen atoms in total. The lowest BCUT2D eigenvalue weighted by atomic mass is 9.93. The lowest BCUT2D eigenvalue weighted by molar-refractivity contribution is -0.200. The SMILES string of the molecule is C[C@@H]1[C@@H](OCc2ccccc2)[C@H](OCc2ccccc2)[C@@H](OCc2ccccc2)CN1CCc1ccc(Cl)cc1F. The van der Waals surface area contributed by atoms with E-state index in [0.717, 1.165) is 16.7 Å². The maximum absolute atomic E-state index is 14.6. The highest BCUT2D eigenvalue weighted by molar-refractivity contribution is 6.30. The van der Waals surface area contributed by atoms with Crippen molar-refractivity contribution in [3.63, 3.8) is 0 Å². The van der Waals surface area contributed by atoms with Gasteiger partial charge in [-0.3, -0.25) is 4.90 Å². The molecule has 1 aliphatic heterocycles. The first-order valence-electron chi connectivity index (χ1n) is 14.2. The molecule has 41 heavy (non-hydrogen) atoms. The summed E-state index contributed by atoms with van der Waals surface area (Å²) in [7, 11) is 0. The Morgan fingerprint density at radius 1 is 0.707 bits per heavy atom. The van der Waals surface area contributed by atoms with Crippen LogP contribution in [-0.2, 0) is 40.5 Å². The van der Waals surface area contributed by atoms with E-state index in [4.69, 9.17) is 25.8 Å². The summed E-state index contributed by atoms with van der Waals surface area (Å²) in [5.74, 6) is -0.278. The highest BCUT2D eigenvalue weighted by atomic mass is 35.5. The van der Waals surface area contributed by atoms with Crippen LogP contribution >= 0.6 is 11.6 Å². The van der Waals surface area contributed by atoms with E-state index >= 15 is 0 Å². The Morgan fingerprint density at radius 3 is 1.76 bits per heavy atom. The lowest BCUT2D eigenvalue weighted by Crippen LogP contribution is -2.62. The van der Waals surface area contributed by atoms with Crippen LogP contribution in [0.2, 0.25) is 5.02 Å². The Balaban J connectivity index is 1.38. The summed E-state index contributed by atoms with van der Waals surface area (Å²) in [5, 5.41) is 0.403. The van der Waals surface area contributed by atoms with Crippen LogP contribution in [0.3, 0.4) is 0 Å². The number of benzene rings is 4. The molecule has 4 aromatic rings. The average Bonchev–Trinajstić information content (AvgIpc) is 3.00. The van der Waals surface area contributed by atoms with E-state index in [2.05, 4.69) is 48.2 Å². The van der Waals surface area contributed by atoms with Crippen molar-refractivity contribution in [2.75, 3.05) is 13.1 Å². The van der Waals surface area contributed by atoms with E-state index in [0.29, 0.717) is 49.9 Å². The van der Waals surface area contributed by atoms with Crippen LogP contribution in [0.5, 0.6) is 0 Å². The first-order chi connectivity index (χ1) is 20.1. The van der Waals surface area contributed by atoms with Crippen molar-refractivity contribution in [3.05, 3.63) is 142 Å². The zero-order valence-corrected chi connectivity index (χ0v) is 24.1. The smallest absolute Gasteiger partial charge is 0.127 e. The second-order valence-electron chi connectivity index (χ2n) is 10.6. The van der Waals surface area contributed by atoms with Gasteiger partial charge in [-0.15, -0.1) is 0 Å². The summed E-state index contributed by atoms with van der Waals surface area (Å²) in [5.41, 5.74) is 3.95. The van der Waals surface area contributed by atoms with Gasteiger partial charge in [-0.25, -0.2) is 4.39 Å². The van der Waals surface area contributed by atoms with Crippen LogP contribution in [0.1, 0.15) is 29.2 Å². The van der Waals surface area contributed by atoms with Crippen LogP contribution in [0.15, 0.2) is 109 Å². The Labute approximate surface area is 247 Å². The molecule has 0 unspecified atom stereocenters. The second kappa shape index (κ2) is 14.7. The number of nitrogens with zero attached hydrogens (tertiary/aromatic N) is 1. The van der Waals surface area contributed by atoms with Crippen molar-refractivity contribution in [1.29, 1.82) is 0 Å². The summed E-state index contributed by atoms with van der Waals surface area (Å²) in [4.78, 5) is 2.34. The molecule has 0 radical (unpaired) electrons. The van der Waals surface area contributed by atoms with Crippen LogP contribution < -0.4 is 0 Å². The third kappa shape index (κ3) is 8.25. The fourth-order valence-electron chi connectivity index (χ4n) is 5.37. The van der Waals surface area contributed by atoms with E-state index in [1.54, 1.807) is 12.1 Å². The highest BCUT2D eigenvalue weighted by Crippen LogP contribution is 2.29. The minimum atomic E-state index is -0.291. The summed E-state index contributed by atoms with van der Waals surface area (Å²) < 4.78 is 34.5. The number of rotatable bonds is 12. The number of likely N-dealkylation sites (tertiary alicyclic amines) is 1. The van der Waals surface area contributed by atoms with Gasteiger partial charge in [-0.2, -0.15) is 0 Å². The van der Waals surface area contributed by atoms with Crippen molar-refractivity contribution in [2.45, 2.75) is 57.5 Å². The number of hydrogen-bond donors (Lipinski definition) is 0. The van der Waals surface area contributed by atoms with Gasteiger partial charge in [-0.05, 0) is 47.7 Å². The second-order valence-corrected chi connectivity index (χ2v) is 11.0. The molecule has 0 saturated carbocycles. The molecular formula is C35H37ClFNO3. The zero-order valence-electron chi connectivity index (χ0n) is 23.4. The molecule has 1 heterocycles. The van der Waals surface area contributed by atoms with Crippen LogP contribution in [0.25, 0.3) is 0 Å².